The molecule has 29 heavy (non-hydrogen) atoms. The fourth-order valence-corrected chi connectivity index (χ4v) is 3.14. The van der Waals surface area contributed by atoms with Crippen molar-refractivity contribution in [1.29, 1.82) is 0 Å². The standard InChI is InChI=1S/C21H24N4O4/c1-14-17(20(27)23-21(28)22-14)10-11-19(26)25(2)12-6-9-16-13-18(24-29-16)15-7-4-3-5-8-15/h3-5,7-8,13H,6,9-12H2,1-2H3,(H2,22,23,27,28). The highest BCUT2D eigenvalue weighted by molar-refractivity contribution is 5.76. The molecule has 1 aromatic carbocycles. The maximum atomic E-state index is 12.3. The van der Waals surface area contributed by atoms with Crippen molar-refractivity contribution in [1.82, 2.24) is 20.0 Å². The van der Waals surface area contributed by atoms with Gasteiger partial charge in [-0.15, -0.1) is 0 Å². The summed E-state index contributed by atoms with van der Waals surface area (Å²) in [6.07, 6.45) is 1.90. The van der Waals surface area contributed by atoms with Crippen LogP contribution in [0, 0.1) is 6.92 Å². The van der Waals surface area contributed by atoms with Crippen LogP contribution in [0.1, 0.15) is 29.9 Å². The lowest BCUT2D eigenvalue weighted by Gasteiger charge is -2.16. The van der Waals surface area contributed by atoms with Gasteiger partial charge in [0.1, 0.15) is 11.5 Å². The molecule has 8 nitrogen and oxygen atoms in total. The van der Waals surface area contributed by atoms with Crippen LogP contribution in [-0.4, -0.2) is 39.5 Å². The number of carbonyl (C=O) groups excluding carboxylic acids is 1. The summed E-state index contributed by atoms with van der Waals surface area (Å²) >= 11 is 0. The number of aromatic nitrogens is 3. The average Bonchev–Trinajstić information content (AvgIpc) is 3.16. The summed E-state index contributed by atoms with van der Waals surface area (Å²) in [5.74, 6) is 0.720. The van der Waals surface area contributed by atoms with E-state index in [1.54, 1.807) is 18.9 Å². The number of nitrogens with zero attached hydrogens (tertiary/aromatic N) is 2. The maximum Gasteiger partial charge on any atom is 0.325 e. The van der Waals surface area contributed by atoms with Crippen molar-refractivity contribution in [2.75, 3.05) is 13.6 Å². The molecule has 3 aromatic rings. The van der Waals surface area contributed by atoms with Crippen LogP contribution in [0.3, 0.4) is 0 Å². The van der Waals surface area contributed by atoms with Gasteiger partial charge in [-0.1, -0.05) is 35.5 Å². The topological polar surface area (TPSA) is 112 Å². The predicted molar refractivity (Wildman–Crippen MR) is 109 cm³/mol. The van der Waals surface area contributed by atoms with Crippen LogP contribution >= 0.6 is 0 Å². The van der Waals surface area contributed by atoms with Crippen molar-refractivity contribution in [2.24, 2.45) is 0 Å². The number of carbonyl (C=O) groups is 1. The zero-order valence-corrected chi connectivity index (χ0v) is 16.5. The second-order valence-electron chi connectivity index (χ2n) is 6.98. The average molecular weight is 396 g/mol. The molecule has 0 spiro atoms. The van der Waals surface area contributed by atoms with E-state index >= 15 is 0 Å². The highest BCUT2D eigenvalue weighted by Crippen LogP contribution is 2.19. The smallest absolute Gasteiger partial charge is 0.325 e. The summed E-state index contributed by atoms with van der Waals surface area (Å²) in [5.41, 5.74) is 1.74. The Balaban J connectivity index is 1.47. The SMILES string of the molecule is Cc1[nH]c(=O)[nH]c(=O)c1CCC(=O)N(C)CCCc1cc(-c2ccccc2)no1. The monoisotopic (exact) mass is 396 g/mol. The largest absolute Gasteiger partial charge is 0.361 e. The van der Waals surface area contributed by atoms with Gasteiger partial charge in [-0.3, -0.25) is 14.6 Å². The van der Waals surface area contributed by atoms with E-state index in [2.05, 4.69) is 15.1 Å². The zero-order valence-electron chi connectivity index (χ0n) is 16.5. The lowest BCUT2D eigenvalue weighted by molar-refractivity contribution is -0.129. The Morgan fingerprint density at radius 1 is 1.14 bits per heavy atom. The first-order valence-electron chi connectivity index (χ1n) is 9.51. The molecule has 2 N–H and O–H groups in total. The van der Waals surface area contributed by atoms with Crippen molar-refractivity contribution in [2.45, 2.75) is 32.6 Å². The van der Waals surface area contributed by atoms with Crippen molar-refractivity contribution in [3.05, 3.63) is 74.3 Å². The van der Waals surface area contributed by atoms with Gasteiger partial charge in [0.25, 0.3) is 5.56 Å². The molecule has 1 amide bonds. The van der Waals surface area contributed by atoms with Crippen molar-refractivity contribution in [3.63, 3.8) is 0 Å². The molecule has 0 saturated carbocycles. The van der Waals surface area contributed by atoms with E-state index in [0.717, 1.165) is 23.4 Å². The van der Waals surface area contributed by atoms with Crippen LogP contribution in [0.5, 0.6) is 0 Å². The van der Waals surface area contributed by atoms with Gasteiger partial charge in [0.05, 0.1) is 0 Å². The molecular weight excluding hydrogens is 372 g/mol. The minimum atomic E-state index is -0.539. The summed E-state index contributed by atoms with van der Waals surface area (Å²) in [6.45, 7) is 2.22. The molecule has 0 radical (unpaired) electrons. The molecular formula is C21H24N4O4. The van der Waals surface area contributed by atoms with Crippen LogP contribution in [0.15, 0.2) is 50.5 Å². The van der Waals surface area contributed by atoms with Gasteiger partial charge in [0.15, 0.2) is 0 Å². The van der Waals surface area contributed by atoms with Crippen LogP contribution in [0.4, 0.5) is 0 Å². The second-order valence-corrected chi connectivity index (χ2v) is 6.98. The van der Waals surface area contributed by atoms with Gasteiger partial charge in [-0.05, 0) is 19.8 Å². The quantitative estimate of drug-likeness (QED) is 0.605. The normalized spacial score (nSPS) is 10.8. The summed E-state index contributed by atoms with van der Waals surface area (Å²) < 4.78 is 5.38. The highest BCUT2D eigenvalue weighted by atomic mass is 16.5. The molecule has 0 unspecified atom stereocenters. The van der Waals surface area contributed by atoms with Gasteiger partial charge in [-0.25, -0.2) is 4.79 Å². The molecule has 0 fully saturated rings. The Morgan fingerprint density at radius 2 is 1.90 bits per heavy atom. The third-order valence-electron chi connectivity index (χ3n) is 4.81. The number of aromatic amines is 2. The molecule has 0 aliphatic carbocycles. The molecule has 8 heteroatoms. The molecule has 2 aromatic heterocycles. The lowest BCUT2D eigenvalue weighted by atomic mass is 10.1. The second kappa shape index (κ2) is 9.18. The van der Waals surface area contributed by atoms with Crippen LogP contribution in [0.2, 0.25) is 0 Å². The third-order valence-corrected chi connectivity index (χ3v) is 4.81. The molecule has 2 heterocycles. The van der Waals surface area contributed by atoms with Crippen molar-refractivity contribution in [3.8, 4) is 11.3 Å². The summed E-state index contributed by atoms with van der Waals surface area (Å²) in [6, 6.07) is 11.7. The van der Waals surface area contributed by atoms with E-state index in [-0.39, 0.29) is 18.7 Å². The molecule has 0 aliphatic heterocycles. The van der Waals surface area contributed by atoms with Gasteiger partial charge in [-0.2, -0.15) is 0 Å². The predicted octanol–water partition coefficient (Wildman–Crippen LogP) is 2.05. The number of aryl methyl sites for hydroxylation is 2. The van der Waals surface area contributed by atoms with Gasteiger partial charge in [0.2, 0.25) is 5.91 Å². The van der Waals surface area contributed by atoms with Gasteiger partial charge in [0, 0.05) is 49.3 Å². The van der Waals surface area contributed by atoms with E-state index in [9.17, 15) is 14.4 Å². The third kappa shape index (κ3) is 5.31. The number of hydrogen-bond acceptors (Lipinski definition) is 5. The Labute approximate surface area is 167 Å². The molecule has 0 atom stereocenters. The van der Waals surface area contributed by atoms with E-state index < -0.39 is 11.2 Å². The van der Waals surface area contributed by atoms with Gasteiger partial charge < -0.3 is 14.4 Å². The first-order valence-corrected chi connectivity index (χ1v) is 9.51. The highest BCUT2D eigenvalue weighted by Gasteiger charge is 2.13. The summed E-state index contributed by atoms with van der Waals surface area (Å²) in [4.78, 5) is 41.8. The van der Waals surface area contributed by atoms with E-state index in [1.165, 1.54) is 0 Å². The molecule has 0 aliphatic rings. The number of hydrogen-bond donors (Lipinski definition) is 2. The van der Waals surface area contributed by atoms with Gasteiger partial charge >= 0.3 is 5.69 Å². The number of nitrogens with one attached hydrogen (secondary N) is 2. The first-order chi connectivity index (χ1) is 13.9. The molecule has 0 bridgehead atoms. The van der Waals surface area contributed by atoms with Crippen molar-refractivity contribution >= 4 is 5.91 Å². The Kier molecular flexibility index (Phi) is 6.43. The lowest BCUT2D eigenvalue weighted by Crippen LogP contribution is -2.30. The fraction of sp³-hybridized carbons (Fsp3) is 0.333. The molecule has 0 saturated heterocycles. The first kappa shape index (κ1) is 20.3. The van der Waals surface area contributed by atoms with Crippen LogP contribution < -0.4 is 11.2 Å². The zero-order chi connectivity index (χ0) is 20.8. The van der Waals surface area contributed by atoms with E-state index in [1.807, 2.05) is 36.4 Å². The minimum Gasteiger partial charge on any atom is -0.361 e. The maximum absolute atomic E-state index is 12.3. The Hall–Kier alpha value is -3.42. The van der Waals surface area contributed by atoms with E-state index in [0.29, 0.717) is 24.2 Å². The Morgan fingerprint density at radius 3 is 2.62 bits per heavy atom. The minimum absolute atomic E-state index is 0.0578. The Bertz CT molecular complexity index is 1080. The van der Waals surface area contributed by atoms with Crippen LogP contribution in [-0.2, 0) is 17.6 Å². The summed E-state index contributed by atoms with van der Waals surface area (Å²) in [5, 5.41) is 4.09. The summed E-state index contributed by atoms with van der Waals surface area (Å²) in [7, 11) is 1.74. The molecule has 3 rings (SSSR count). The number of amides is 1. The fourth-order valence-electron chi connectivity index (χ4n) is 3.14. The number of benzene rings is 1. The van der Waals surface area contributed by atoms with Crippen molar-refractivity contribution < 1.29 is 9.32 Å². The molecule has 152 valence electrons. The van der Waals surface area contributed by atoms with Crippen LogP contribution in [0.25, 0.3) is 11.3 Å². The number of rotatable bonds is 8. The van der Waals surface area contributed by atoms with E-state index in [4.69, 9.17) is 4.52 Å². The number of H-pyrrole nitrogens is 2.